The van der Waals surface area contributed by atoms with Crippen LogP contribution in [0.15, 0.2) is 47.0 Å². The number of ether oxygens (including phenoxy) is 1. The van der Waals surface area contributed by atoms with Crippen molar-refractivity contribution in [1.29, 1.82) is 0 Å². The summed E-state index contributed by atoms with van der Waals surface area (Å²) in [7, 11) is 1.52. The molecular formula is C17H13Cl3N2O2. The molecule has 0 unspecified atom stereocenters. The SMILES string of the molecule is COc1c(Cl)cc(NCc2ncc(-c3cccc(Cl)c3)o2)cc1Cl. The summed E-state index contributed by atoms with van der Waals surface area (Å²) in [6.45, 7) is 0.388. The van der Waals surface area contributed by atoms with Crippen molar-refractivity contribution < 1.29 is 9.15 Å². The molecule has 1 heterocycles. The van der Waals surface area contributed by atoms with Gasteiger partial charge in [0, 0.05) is 16.3 Å². The van der Waals surface area contributed by atoms with Gasteiger partial charge in [-0.2, -0.15) is 0 Å². The van der Waals surface area contributed by atoms with Gasteiger partial charge in [0.05, 0.1) is 29.9 Å². The van der Waals surface area contributed by atoms with Crippen molar-refractivity contribution in [1.82, 2.24) is 4.98 Å². The van der Waals surface area contributed by atoms with E-state index in [1.54, 1.807) is 24.4 Å². The highest BCUT2D eigenvalue weighted by Crippen LogP contribution is 2.35. The summed E-state index contributed by atoms with van der Waals surface area (Å²) in [6.07, 6.45) is 1.66. The zero-order valence-corrected chi connectivity index (χ0v) is 14.9. The highest BCUT2D eigenvalue weighted by Gasteiger charge is 2.10. The molecule has 0 bridgehead atoms. The Kier molecular flexibility index (Phi) is 5.19. The van der Waals surface area contributed by atoms with Gasteiger partial charge in [0.25, 0.3) is 0 Å². The summed E-state index contributed by atoms with van der Waals surface area (Å²) in [4.78, 5) is 4.25. The van der Waals surface area contributed by atoms with Crippen molar-refractivity contribution >= 4 is 40.5 Å². The van der Waals surface area contributed by atoms with Crippen LogP contribution in [0.25, 0.3) is 11.3 Å². The summed E-state index contributed by atoms with van der Waals surface area (Å²) in [5.74, 6) is 1.64. The minimum absolute atomic E-state index is 0.388. The Morgan fingerprint density at radius 2 is 1.88 bits per heavy atom. The summed E-state index contributed by atoms with van der Waals surface area (Å²) in [5.41, 5.74) is 1.62. The lowest BCUT2D eigenvalue weighted by Crippen LogP contribution is -2.00. The Bertz CT molecular complexity index is 842. The molecule has 1 N–H and O–H groups in total. The molecule has 0 aliphatic rings. The number of nitrogens with zero attached hydrogens (tertiary/aromatic N) is 1. The van der Waals surface area contributed by atoms with Gasteiger partial charge in [-0.15, -0.1) is 0 Å². The molecule has 0 atom stereocenters. The molecule has 124 valence electrons. The van der Waals surface area contributed by atoms with Gasteiger partial charge in [-0.1, -0.05) is 46.9 Å². The largest absolute Gasteiger partial charge is 0.494 e. The number of oxazole rings is 1. The third kappa shape index (κ3) is 3.78. The zero-order valence-electron chi connectivity index (χ0n) is 12.6. The second kappa shape index (κ2) is 7.34. The third-order valence-corrected chi connectivity index (χ3v) is 4.11. The number of hydrogen-bond acceptors (Lipinski definition) is 4. The Labute approximate surface area is 154 Å². The molecule has 2 aromatic carbocycles. The minimum atomic E-state index is 0.388. The van der Waals surface area contributed by atoms with E-state index in [9.17, 15) is 0 Å². The molecule has 0 amide bonds. The van der Waals surface area contributed by atoms with E-state index in [4.69, 9.17) is 44.0 Å². The lowest BCUT2D eigenvalue weighted by molar-refractivity contribution is 0.415. The quantitative estimate of drug-likeness (QED) is 0.594. The monoisotopic (exact) mass is 382 g/mol. The van der Waals surface area contributed by atoms with Gasteiger partial charge in [0.1, 0.15) is 0 Å². The molecule has 0 spiro atoms. The lowest BCUT2D eigenvalue weighted by atomic mass is 10.2. The number of halogens is 3. The molecular weight excluding hydrogens is 371 g/mol. The molecule has 4 nitrogen and oxygen atoms in total. The van der Waals surface area contributed by atoms with Crippen molar-refractivity contribution in [2.24, 2.45) is 0 Å². The fourth-order valence-electron chi connectivity index (χ4n) is 2.20. The Morgan fingerprint density at radius 3 is 2.54 bits per heavy atom. The first-order valence-corrected chi connectivity index (χ1v) is 8.18. The first-order chi connectivity index (χ1) is 11.6. The Balaban J connectivity index is 1.72. The molecule has 24 heavy (non-hydrogen) atoms. The van der Waals surface area contributed by atoms with Crippen LogP contribution in [0.1, 0.15) is 5.89 Å². The number of rotatable bonds is 5. The van der Waals surface area contributed by atoms with Crippen LogP contribution < -0.4 is 10.1 Å². The van der Waals surface area contributed by atoms with Crippen LogP contribution in [-0.2, 0) is 6.54 Å². The average molecular weight is 384 g/mol. The molecule has 0 saturated heterocycles. The summed E-state index contributed by atoms with van der Waals surface area (Å²) >= 11 is 18.2. The van der Waals surface area contributed by atoms with Gasteiger partial charge in [-0.3, -0.25) is 0 Å². The molecule has 3 rings (SSSR count). The van der Waals surface area contributed by atoms with E-state index in [0.717, 1.165) is 11.3 Å². The summed E-state index contributed by atoms with van der Waals surface area (Å²) < 4.78 is 10.9. The number of aromatic nitrogens is 1. The van der Waals surface area contributed by atoms with E-state index in [1.807, 2.05) is 18.2 Å². The van der Waals surface area contributed by atoms with Gasteiger partial charge in [-0.05, 0) is 24.3 Å². The Hall–Kier alpha value is -1.88. The van der Waals surface area contributed by atoms with Gasteiger partial charge in [0.15, 0.2) is 11.5 Å². The predicted octanol–water partition coefficient (Wildman–Crippen LogP) is 5.92. The molecule has 7 heteroatoms. The van der Waals surface area contributed by atoms with Gasteiger partial charge in [-0.25, -0.2) is 4.98 Å². The number of nitrogens with one attached hydrogen (secondary N) is 1. The first kappa shape index (κ1) is 17.0. The fourth-order valence-corrected chi connectivity index (χ4v) is 3.03. The van der Waals surface area contributed by atoms with E-state index < -0.39 is 0 Å². The van der Waals surface area contributed by atoms with Crippen molar-refractivity contribution in [3.8, 4) is 17.1 Å². The van der Waals surface area contributed by atoms with Crippen LogP contribution in [0, 0.1) is 0 Å². The highest BCUT2D eigenvalue weighted by atomic mass is 35.5. The van der Waals surface area contributed by atoms with Crippen molar-refractivity contribution in [3.63, 3.8) is 0 Å². The van der Waals surface area contributed by atoms with Crippen molar-refractivity contribution in [2.45, 2.75) is 6.54 Å². The maximum atomic E-state index is 6.11. The van der Waals surface area contributed by atoms with E-state index in [1.165, 1.54) is 7.11 Å². The molecule has 0 radical (unpaired) electrons. The topological polar surface area (TPSA) is 47.3 Å². The molecule has 3 aromatic rings. The van der Waals surface area contributed by atoms with Crippen LogP contribution in [0.4, 0.5) is 5.69 Å². The standard InChI is InChI=1S/C17H13Cl3N2O2/c1-23-17-13(19)6-12(7-14(17)20)21-9-16-22-8-15(24-16)10-3-2-4-11(18)5-10/h2-8,21H,9H2,1H3. The highest BCUT2D eigenvalue weighted by molar-refractivity contribution is 6.37. The maximum Gasteiger partial charge on any atom is 0.214 e. The van der Waals surface area contributed by atoms with Gasteiger partial charge in [0.2, 0.25) is 5.89 Å². The van der Waals surface area contributed by atoms with Gasteiger partial charge < -0.3 is 14.5 Å². The smallest absolute Gasteiger partial charge is 0.214 e. The van der Waals surface area contributed by atoms with E-state index in [2.05, 4.69) is 10.3 Å². The van der Waals surface area contributed by atoms with Crippen molar-refractivity contribution in [2.75, 3.05) is 12.4 Å². The first-order valence-electron chi connectivity index (χ1n) is 7.04. The van der Waals surface area contributed by atoms with Crippen LogP contribution in [-0.4, -0.2) is 12.1 Å². The second-order valence-electron chi connectivity index (χ2n) is 4.96. The number of hydrogen-bond donors (Lipinski definition) is 1. The molecule has 1 aromatic heterocycles. The predicted molar refractivity (Wildman–Crippen MR) is 97.3 cm³/mol. The molecule has 0 aliphatic heterocycles. The third-order valence-electron chi connectivity index (χ3n) is 3.31. The fraction of sp³-hybridized carbons (Fsp3) is 0.118. The van der Waals surface area contributed by atoms with E-state index in [-0.39, 0.29) is 0 Å². The average Bonchev–Trinajstić information content (AvgIpc) is 3.02. The summed E-state index contributed by atoms with van der Waals surface area (Å²) in [6, 6.07) is 10.9. The molecule has 0 saturated carbocycles. The van der Waals surface area contributed by atoms with Crippen LogP contribution in [0.2, 0.25) is 15.1 Å². The number of benzene rings is 2. The van der Waals surface area contributed by atoms with Gasteiger partial charge >= 0.3 is 0 Å². The minimum Gasteiger partial charge on any atom is -0.494 e. The number of methoxy groups -OCH3 is 1. The van der Waals surface area contributed by atoms with Crippen molar-refractivity contribution in [3.05, 3.63) is 63.6 Å². The normalized spacial score (nSPS) is 10.7. The molecule has 0 aliphatic carbocycles. The summed E-state index contributed by atoms with van der Waals surface area (Å²) in [5, 5.41) is 4.67. The van der Waals surface area contributed by atoms with E-state index in [0.29, 0.717) is 39.0 Å². The zero-order chi connectivity index (χ0) is 17.1. The van der Waals surface area contributed by atoms with E-state index >= 15 is 0 Å². The lowest BCUT2D eigenvalue weighted by Gasteiger charge is -2.09. The molecule has 0 fully saturated rings. The number of anilines is 1. The Morgan fingerprint density at radius 1 is 1.12 bits per heavy atom. The van der Waals surface area contributed by atoms with Crippen LogP contribution in [0.5, 0.6) is 5.75 Å². The van der Waals surface area contributed by atoms with Crippen LogP contribution >= 0.6 is 34.8 Å². The second-order valence-corrected chi connectivity index (χ2v) is 6.21. The van der Waals surface area contributed by atoms with Crippen LogP contribution in [0.3, 0.4) is 0 Å². The maximum absolute atomic E-state index is 6.11.